The average molecular weight is 399 g/mol. The van der Waals surface area contributed by atoms with Gasteiger partial charge in [0.05, 0.1) is 11.3 Å². The predicted molar refractivity (Wildman–Crippen MR) is 99.2 cm³/mol. The van der Waals surface area contributed by atoms with Crippen LogP contribution in [0, 0.1) is 0 Å². The molecule has 10 heteroatoms. The Hall–Kier alpha value is -2.07. The number of amides is 1. The van der Waals surface area contributed by atoms with E-state index in [0.717, 1.165) is 5.56 Å². The van der Waals surface area contributed by atoms with Crippen LogP contribution < -0.4 is 5.32 Å². The molecule has 0 bridgehead atoms. The number of thiophene rings is 1. The van der Waals surface area contributed by atoms with Gasteiger partial charge in [-0.3, -0.25) is 0 Å². The molecular weight excluding hydrogens is 378 g/mol. The number of thioether (sulfide) groups is 1. The average Bonchev–Trinajstić information content (AvgIpc) is 3.19. The molecule has 8 nitrogen and oxygen atoms in total. The van der Waals surface area contributed by atoms with Crippen LogP contribution in [-0.4, -0.2) is 44.7 Å². The number of rotatable bonds is 8. The molecule has 0 aliphatic carbocycles. The van der Waals surface area contributed by atoms with Gasteiger partial charge in [0.25, 0.3) is 5.89 Å². The zero-order valence-corrected chi connectivity index (χ0v) is 16.4. The van der Waals surface area contributed by atoms with Gasteiger partial charge in [-0.15, -0.1) is 0 Å². The van der Waals surface area contributed by atoms with E-state index in [1.54, 1.807) is 32.1 Å². The Labute approximate surface area is 159 Å². The Bertz CT molecular complexity index is 725. The van der Waals surface area contributed by atoms with Crippen molar-refractivity contribution in [3.8, 4) is 11.5 Å². The van der Waals surface area contributed by atoms with E-state index < -0.39 is 23.7 Å². The minimum absolute atomic E-state index is 0.258. The molecule has 2 aromatic rings. The lowest BCUT2D eigenvalue weighted by atomic mass is 10.2. The van der Waals surface area contributed by atoms with Crippen LogP contribution >= 0.6 is 23.1 Å². The second-order valence-electron chi connectivity index (χ2n) is 6.41. The van der Waals surface area contributed by atoms with Gasteiger partial charge in [-0.1, -0.05) is 5.16 Å². The second-order valence-corrected chi connectivity index (χ2v) is 8.29. The summed E-state index contributed by atoms with van der Waals surface area (Å²) in [5.41, 5.74) is 0.201. The highest BCUT2D eigenvalue weighted by atomic mass is 32.2. The van der Waals surface area contributed by atoms with E-state index in [1.807, 2.05) is 16.8 Å². The summed E-state index contributed by atoms with van der Waals surface area (Å²) in [6.07, 6.45) is -0.484. The monoisotopic (exact) mass is 399 g/mol. The highest BCUT2D eigenvalue weighted by Gasteiger charge is 2.23. The Morgan fingerprint density at radius 3 is 2.85 bits per heavy atom. The van der Waals surface area contributed by atoms with E-state index in [-0.39, 0.29) is 6.42 Å². The SMILES string of the molecule is CC(C)(C)OC(=O)NC(CCSCc1noc(-c2ccsc2)n1)C(=O)O. The Morgan fingerprint density at radius 1 is 1.46 bits per heavy atom. The van der Waals surface area contributed by atoms with Gasteiger partial charge in [0.15, 0.2) is 5.82 Å². The maximum Gasteiger partial charge on any atom is 0.408 e. The molecule has 0 saturated heterocycles. The molecule has 0 spiro atoms. The highest BCUT2D eigenvalue weighted by molar-refractivity contribution is 7.98. The number of nitrogens with one attached hydrogen (secondary N) is 1. The third kappa shape index (κ3) is 6.68. The number of aromatic nitrogens is 2. The molecule has 26 heavy (non-hydrogen) atoms. The standard InChI is InChI=1S/C16H21N3O5S2/c1-16(2,3)23-15(22)17-11(14(20)21)5-7-26-9-12-18-13(24-19-12)10-4-6-25-8-10/h4,6,8,11H,5,7,9H2,1-3H3,(H,17,22)(H,20,21). The van der Waals surface area contributed by atoms with E-state index in [1.165, 1.54) is 11.8 Å². The van der Waals surface area contributed by atoms with Crippen LogP contribution in [0.4, 0.5) is 4.79 Å². The molecule has 1 atom stereocenters. The van der Waals surface area contributed by atoms with Gasteiger partial charge in [0.2, 0.25) is 0 Å². The number of ether oxygens (including phenoxy) is 1. The number of carbonyl (C=O) groups excluding carboxylic acids is 1. The summed E-state index contributed by atoms with van der Waals surface area (Å²) in [5.74, 6) is 0.914. The number of hydrogen-bond acceptors (Lipinski definition) is 8. The van der Waals surface area contributed by atoms with Crippen LogP contribution in [0.5, 0.6) is 0 Å². The quantitative estimate of drug-likeness (QED) is 0.649. The van der Waals surface area contributed by atoms with Crippen molar-refractivity contribution in [2.75, 3.05) is 5.75 Å². The number of carboxylic acid groups (broad SMARTS) is 1. The fraction of sp³-hybridized carbons (Fsp3) is 0.500. The summed E-state index contributed by atoms with van der Waals surface area (Å²) in [5, 5.41) is 19.4. The van der Waals surface area contributed by atoms with Gasteiger partial charge < -0.3 is 19.7 Å². The summed E-state index contributed by atoms with van der Waals surface area (Å²) in [7, 11) is 0. The third-order valence-corrected chi connectivity index (χ3v) is 4.68. The van der Waals surface area contributed by atoms with E-state index in [9.17, 15) is 14.7 Å². The van der Waals surface area contributed by atoms with E-state index in [2.05, 4.69) is 15.5 Å². The van der Waals surface area contributed by atoms with Crippen molar-refractivity contribution in [1.29, 1.82) is 0 Å². The fourth-order valence-corrected chi connectivity index (χ4v) is 3.36. The van der Waals surface area contributed by atoms with Gasteiger partial charge in [0.1, 0.15) is 11.6 Å². The molecule has 0 aliphatic heterocycles. The lowest BCUT2D eigenvalue weighted by molar-refractivity contribution is -0.139. The summed E-state index contributed by atoms with van der Waals surface area (Å²) in [6.45, 7) is 5.15. The molecule has 0 aliphatic rings. The van der Waals surface area contributed by atoms with Crippen LogP contribution in [0.25, 0.3) is 11.5 Å². The molecule has 142 valence electrons. The van der Waals surface area contributed by atoms with Crippen molar-refractivity contribution in [2.24, 2.45) is 0 Å². The Morgan fingerprint density at radius 2 is 2.23 bits per heavy atom. The minimum atomic E-state index is -1.10. The van der Waals surface area contributed by atoms with Crippen molar-refractivity contribution in [1.82, 2.24) is 15.5 Å². The van der Waals surface area contributed by atoms with Crippen molar-refractivity contribution >= 4 is 35.2 Å². The molecule has 2 rings (SSSR count). The molecule has 0 aromatic carbocycles. The first kappa shape index (κ1) is 20.2. The van der Waals surface area contributed by atoms with Crippen LogP contribution in [0.3, 0.4) is 0 Å². The number of alkyl carbamates (subject to hydrolysis) is 1. The molecule has 0 fully saturated rings. The Balaban J connectivity index is 1.76. The van der Waals surface area contributed by atoms with Gasteiger partial charge in [-0.25, -0.2) is 9.59 Å². The van der Waals surface area contributed by atoms with Crippen molar-refractivity contribution in [3.05, 3.63) is 22.7 Å². The predicted octanol–water partition coefficient (Wildman–Crippen LogP) is 3.40. The van der Waals surface area contributed by atoms with Gasteiger partial charge in [0, 0.05) is 5.38 Å². The molecule has 0 saturated carbocycles. The first-order valence-corrected chi connectivity index (χ1v) is 9.99. The number of nitrogens with zero attached hydrogens (tertiary/aromatic N) is 2. The molecular formula is C16H21N3O5S2. The topological polar surface area (TPSA) is 115 Å². The van der Waals surface area contributed by atoms with Crippen LogP contribution in [0.15, 0.2) is 21.3 Å². The lowest BCUT2D eigenvalue weighted by Gasteiger charge is -2.21. The number of carboxylic acids is 1. The van der Waals surface area contributed by atoms with Crippen LogP contribution in [0.1, 0.15) is 33.0 Å². The third-order valence-electron chi connectivity index (χ3n) is 3.01. The van der Waals surface area contributed by atoms with Crippen molar-refractivity contribution in [2.45, 2.75) is 44.6 Å². The van der Waals surface area contributed by atoms with E-state index >= 15 is 0 Å². The summed E-state index contributed by atoms with van der Waals surface area (Å²) < 4.78 is 10.3. The summed E-state index contributed by atoms with van der Waals surface area (Å²) >= 11 is 3.01. The summed E-state index contributed by atoms with van der Waals surface area (Å²) in [4.78, 5) is 27.3. The fourth-order valence-electron chi connectivity index (χ4n) is 1.89. The largest absolute Gasteiger partial charge is 0.480 e. The van der Waals surface area contributed by atoms with Gasteiger partial charge in [-0.2, -0.15) is 28.1 Å². The molecule has 2 N–H and O–H groups in total. The summed E-state index contributed by atoms with van der Waals surface area (Å²) in [6, 6.07) is 0.888. The number of hydrogen-bond donors (Lipinski definition) is 2. The van der Waals surface area contributed by atoms with Crippen LogP contribution in [-0.2, 0) is 15.3 Å². The molecule has 1 amide bonds. The second kappa shape index (κ2) is 9.04. The molecule has 0 radical (unpaired) electrons. The minimum Gasteiger partial charge on any atom is -0.480 e. The molecule has 2 heterocycles. The normalized spacial score (nSPS) is 12.6. The van der Waals surface area contributed by atoms with Crippen molar-refractivity contribution in [3.63, 3.8) is 0 Å². The maximum absolute atomic E-state index is 11.7. The van der Waals surface area contributed by atoms with E-state index in [4.69, 9.17) is 9.26 Å². The van der Waals surface area contributed by atoms with Gasteiger partial charge in [-0.05, 0) is 44.4 Å². The van der Waals surface area contributed by atoms with Gasteiger partial charge >= 0.3 is 12.1 Å². The number of carbonyl (C=O) groups is 2. The smallest absolute Gasteiger partial charge is 0.408 e. The zero-order valence-electron chi connectivity index (χ0n) is 14.7. The van der Waals surface area contributed by atoms with Crippen molar-refractivity contribution < 1.29 is 24.0 Å². The van der Waals surface area contributed by atoms with Crippen LogP contribution in [0.2, 0.25) is 0 Å². The first-order chi connectivity index (χ1) is 12.2. The Kier molecular flexibility index (Phi) is 7.04. The molecule has 1 unspecified atom stereocenters. The highest BCUT2D eigenvalue weighted by Crippen LogP contribution is 2.21. The molecule has 2 aromatic heterocycles. The zero-order chi connectivity index (χ0) is 19.2. The first-order valence-electron chi connectivity index (χ1n) is 7.90. The van der Waals surface area contributed by atoms with E-state index in [0.29, 0.717) is 23.2 Å². The maximum atomic E-state index is 11.7. The lowest BCUT2D eigenvalue weighted by Crippen LogP contribution is -2.43. The number of aliphatic carboxylic acids is 1.